The van der Waals surface area contributed by atoms with E-state index in [0.29, 0.717) is 6.04 Å². The Morgan fingerprint density at radius 2 is 2.21 bits per heavy atom. The largest absolute Gasteiger partial charge is 0.306 e. The van der Waals surface area contributed by atoms with E-state index in [-0.39, 0.29) is 0 Å². The Morgan fingerprint density at radius 1 is 1.36 bits per heavy atom. The summed E-state index contributed by atoms with van der Waals surface area (Å²) in [6.45, 7) is 2.17. The smallest absolute Gasteiger partial charge is 0.0428 e. The van der Waals surface area contributed by atoms with Crippen molar-refractivity contribution in [2.45, 2.75) is 36.7 Å². The molecule has 1 aliphatic heterocycles. The van der Waals surface area contributed by atoms with Gasteiger partial charge in [-0.05, 0) is 37.0 Å². The second kappa shape index (κ2) is 3.28. The van der Waals surface area contributed by atoms with Gasteiger partial charge in [0.1, 0.15) is 0 Å². The van der Waals surface area contributed by atoms with Crippen molar-refractivity contribution in [3.63, 3.8) is 0 Å². The lowest BCUT2D eigenvalue weighted by Gasteiger charge is -2.12. The summed E-state index contributed by atoms with van der Waals surface area (Å²) in [5.74, 6) is 1.22. The number of benzene rings is 1. The van der Waals surface area contributed by atoms with E-state index in [1.807, 2.05) is 11.8 Å². The summed E-state index contributed by atoms with van der Waals surface area (Å²) in [6.07, 6.45) is 2.75. The molecule has 74 valence electrons. The molecular formula is C12H15NS. The average Bonchev–Trinajstić information content (AvgIpc) is 2.89. The highest BCUT2D eigenvalue weighted by Crippen LogP contribution is 2.40. The highest BCUT2D eigenvalue weighted by atomic mass is 32.2. The molecule has 1 saturated carbocycles. The molecule has 2 heteroatoms. The first kappa shape index (κ1) is 8.81. The lowest BCUT2D eigenvalue weighted by Crippen LogP contribution is -2.23. The molecule has 1 heterocycles. The van der Waals surface area contributed by atoms with E-state index in [0.717, 1.165) is 6.04 Å². The Kier molecular flexibility index (Phi) is 2.06. The summed E-state index contributed by atoms with van der Waals surface area (Å²) >= 11 is 2.00. The van der Waals surface area contributed by atoms with Gasteiger partial charge in [-0.15, -0.1) is 11.8 Å². The summed E-state index contributed by atoms with van der Waals surface area (Å²) in [7, 11) is 0. The number of nitrogens with one attached hydrogen (secondary N) is 1. The van der Waals surface area contributed by atoms with E-state index >= 15 is 0 Å². The van der Waals surface area contributed by atoms with Gasteiger partial charge in [-0.2, -0.15) is 0 Å². The van der Waals surface area contributed by atoms with Crippen LogP contribution in [0, 0.1) is 6.92 Å². The van der Waals surface area contributed by atoms with Crippen molar-refractivity contribution in [2.75, 3.05) is 5.75 Å². The fourth-order valence-electron chi connectivity index (χ4n) is 1.99. The molecule has 3 rings (SSSR count). The minimum Gasteiger partial charge on any atom is -0.306 e. The number of fused-ring (bicyclic) bond motifs is 1. The maximum Gasteiger partial charge on any atom is 0.0428 e. The molecule has 0 amide bonds. The highest BCUT2D eigenvalue weighted by Gasteiger charge is 2.29. The van der Waals surface area contributed by atoms with Gasteiger partial charge in [-0.1, -0.05) is 12.1 Å². The molecule has 0 spiro atoms. The van der Waals surface area contributed by atoms with Crippen LogP contribution >= 0.6 is 11.8 Å². The molecule has 0 aromatic heterocycles. The highest BCUT2D eigenvalue weighted by molar-refractivity contribution is 7.99. The Labute approximate surface area is 89.3 Å². The van der Waals surface area contributed by atoms with E-state index in [9.17, 15) is 0 Å². The molecule has 1 atom stereocenters. The summed E-state index contributed by atoms with van der Waals surface area (Å²) in [6, 6.07) is 8.27. The maximum absolute atomic E-state index is 3.71. The number of thioether (sulfide) groups is 1. The van der Waals surface area contributed by atoms with Crippen molar-refractivity contribution >= 4 is 11.8 Å². The van der Waals surface area contributed by atoms with Gasteiger partial charge in [0, 0.05) is 22.7 Å². The second-order valence-corrected chi connectivity index (χ2v) is 5.41. The Hall–Kier alpha value is -0.470. The van der Waals surface area contributed by atoms with Gasteiger partial charge in [-0.3, -0.25) is 0 Å². The Bertz CT molecular complexity index is 357. The topological polar surface area (TPSA) is 12.0 Å². The van der Waals surface area contributed by atoms with Crippen LogP contribution in [0.15, 0.2) is 23.1 Å². The van der Waals surface area contributed by atoms with Crippen molar-refractivity contribution in [1.82, 2.24) is 5.32 Å². The Morgan fingerprint density at radius 3 is 3.00 bits per heavy atom. The second-order valence-electron chi connectivity index (χ2n) is 4.35. The quantitative estimate of drug-likeness (QED) is 0.796. The van der Waals surface area contributed by atoms with Gasteiger partial charge in [0.25, 0.3) is 0 Å². The maximum atomic E-state index is 3.71. The molecule has 1 unspecified atom stereocenters. The van der Waals surface area contributed by atoms with E-state index in [4.69, 9.17) is 0 Å². The number of hydrogen-bond donors (Lipinski definition) is 1. The standard InChI is InChI=1S/C12H15NS/c1-8-2-5-10-11(13-9-3-4-9)7-14-12(10)6-8/h2,5-6,9,11,13H,3-4,7H2,1H3. The fraction of sp³-hybridized carbons (Fsp3) is 0.500. The van der Waals surface area contributed by atoms with Gasteiger partial charge in [0.15, 0.2) is 0 Å². The zero-order chi connectivity index (χ0) is 9.54. The lowest BCUT2D eigenvalue weighted by atomic mass is 10.1. The molecule has 2 aliphatic rings. The third-order valence-electron chi connectivity index (χ3n) is 2.96. The third-order valence-corrected chi connectivity index (χ3v) is 4.13. The average molecular weight is 205 g/mol. The molecule has 1 aromatic rings. The van der Waals surface area contributed by atoms with Crippen molar-refractivity contribution < 1.29 is 0 Å². The van der Waals surface area contributed by atoms with Crippen LogP contribution in [0.2, 0.25) is 0 Å². The van der Waals surface area contributed by atoms with Crippen LogP contribution in [0.1, 0.15) is 30.0 Å². The van der Waals surface area contributed by atoms with Crippen LogP contribution < -0.4 is 5.32 Å². The monoisotopic (exact) mass is 205 g/mol. The summed E-state index contributed by atoms with van der Waals surface area (Å²) < 4.78 is 0. The van der Waals surface area contributed by atoms with E-state index in [2.05, 4.69) is 30.4 Å². The lowest BCUT2D eigenvalue weighted by molar-refractivity contribution is 0.580. The predicted octanol–water partition coefficient (Wildman–Crippen LogP) is 2.89. The summed E-state index contributed by atoms with van der Waals surface area (Å²) in [4.78, 5) is 1.49. The van der Waals surface area contributed by atoms with Gasteiger partial charge in [0.05, 0.1) is 0 Å². The molecule has 1 aliphatic carbocycles. The molecule has 1 nitrogen and oxygen atoms in total. The molecule has 0 saturated heterocycles. The van der Waals surface area contributed by atoms with Crippen LogP contribution in [0.5, 0.6) is 0 Å². The summed E-state index contributed by atoms with van der Waals surface area (Å²) in [5, 5.41) is 3.71. The molecule has 0 bridgehead atoms. The van der Waals surface area contributed by atoms with Crippen LogP contribution in [0.3, 0.4) is 0 Å². The van der Waals surface area contributed by atoms with E-state index in [1.54, 1.807) is 0 Å². The van der Waals surface area contributed by atoms with Crippen molar-refractivity contribution in [2.24, 2.45) is 0 Å². The minimum atomic E-state index is 0.614. The first-order chi connectivity index (χ1) is 6.83. The molecule has 0 radical (unpaired) electrons. The van der Waals surface area contributed by atoms with Gasteiger partial charge in [-0.25, -0.2) is 0 Å². The minimum absolute atomic E-state index is 0.614. The summed E-state index contributed by atoms with van der Waals surface area (Å²) in [5.41, 5.74) is 2.90. The zero-order valence-electron chi connectivity index (χ0n) is 8.42. The van der Waals surface area contributed by atoms with Crippen LogP contribution in [-0.2, 0) is 0 Å². The molecule has 1 fully saturated rings. The molecular weight excluding hydrogens is 190 g/mol. The fourth-order valence-corrected chi connectivity index (χ4v) is 3.26. The molecule has 1 aromatic carbocycles. The first-order valence-corrected chi connectivity index (χ1v) is 6.31. The zero-order valence-corrected chi connectivity index (χ0v) is 9.23. The Balaban J connectivity index is 1.85. The van der Waals surface area contributed by atoms with E-state index < -0.39 is 0 Å². The number of hydrogen-bond acceptors (Lipinski definition) is 2. The SMILES string of the molecule is Cc1ccc2c(c1)SCC2NC1CC1. The van der Waals surface area contributed by atoms with E-state index in [1.165, 1.54) is 34.6 Å². The number of rotatable bonds is 2. The van der Waals surface area contributed by atoms with Crippen LogP contribution in [0.4, 0.5) is 0 Å². The number of aryl methyl sites for hydroxylation is 1. The molecule has 14 heavy (non-hydrogen) atoms. The first-order valence-electron chi connectivity index (χ1n) is 5.32. The predicted molar refractivity (Wildman–Crippen MR) is 60.8 cm³/mol. The van der Waals surface area contributed by atoms with Crippen LogP contribution in [0.25, 0.3) is 0 Å². The van der Waals surface area contributed by atoms with Gasteiger partial charge in [0.2, 0.25) is 0 Å². The van der Waals surface area contributed by atoms with Crippen molar-refractivity contribution in [1.29, 1.82) is 0 Å². The van der Waals surface area contributed by atoms with Crippen molar-refractivity contribution in [3.8, 4) is 0 Å². The van der Waals surface area contributed by atoms with Crippen LogP contribution in [-0.4, -0.2) is 11.8 Å². The third kappa shape index (κ3) is 1.57. The molecule has 1 N–H and O–H groups in total. The van der Waals surface area contributed by atoms with Crippen molar-refractivity contribution in [3.05, 3.63) is 29.3 Å². The van der Waals surface area contributed by atoms with Gasteiger partial charge >= 0.3 is 0 Å². The van der Waals surface area contributed by atoms with Gasteiger partial charge < -0.3 is 5.32 Å². The normalized spacial score (nSPS) is 25.1.